The van der Waals surface area contributed by atoms with E-state index < -0.39 is 10.2 Å². The van der Waals surface area contributed by atoms with E-state index in [9.17, 15) is 8.42 Å². The van der Waals surface area contributed by atoms with Crippen LogP contribution in [0.5, 0.6) is 0 Å². The maximum atomic E-state index is 11.3. The van der Waals surface area contributed by atoms with Gasteiger partial charge in [-0.2, -0.15) is 12.7 Å². The van der Waals surface area contributed by atoms with Crippen molar-refractivity contribution in [3.8, 4) is 0 Å². The van der Waals surface area contributed by atoms with Crippen LogP contribution in [0.4, 0.5) is 0 Å². The average molecular weight is 225 g/mol. The molecule has 13 heavy (non-hydrogen) atoms. The summed E-state index contributed by atoms with van der Waals surface area (Å²) in [5, 5.41) is 0. The van der Waals surface area contributed by atoms with Crippen LogP contribution in [-0.4, -0.2) is 37.8 Å². The Bertz CT molecular complexity index is 263. The van der Waals surface area contributed by atoms with E-state index in [1.807, 2.05) is 6.92 Å². The summed E-state index contributed by atoms with van der Waals surface area (Å²) in [6.07, 6.45) is 0.726. The summed E-state index contributed by atoms with van der Waals surface area (Å²) in [6.45, 7) is 2.39. The van der Waals surface area contributed by atoms with E-state index in [1.165, 1.54) is 11.4 Å². The van der Waals surface area contributed by atoms with Crippen LogP contribution in [0.3, 0.4) is 0 Å². The molecule has 0 atom stereocenters. The maximum Gasteiger partial charge on any atom is 0.279 e. The van der Waals surface area contributed by atoms with E-state index in [-0.39, 0.29) is 11.5 Å². The highest BCUT2D eigenvalue weighted by Gasteiger charge is 2.19. The average Bonchev–Trinajstić information content (AvgIpc) is 2.03. The van der Waals surface area contributed by atoms with Gasteiger partial charge in [0.15, 0.2) is 0 Å². The van der Waals surface area contributed by atoms with Gasteiger partial charge in [-0.3, -0.25) is 0 Å². The molecule has 5 nitrogen and oxygen atoms in total. The number of rotatable bonds is 6. The number of nitrogens with zero attached hydrogens (tertiary/aromatic N) is 1. The SMILES string of the molecule is CCCN(CC(N)=S)S(=O)(=O)NC. The number of hydrogen-bond donors (Lipinski definition) is 2. The van der Waals surface area contributed by atoms with Crippen molar-refractivity contribution in [2.24, 2.45) is 5.73 Å². The normalized spacial score (nSPS) is 11.9. The predicted octanol–water partition coefficient (Wildman–Crippen LogP) is -0.551. The van der Waals surface area contributed by atoms with Crippen molar-refractivity contribution in [2.45, 2.75) is 13.3 Å². The Morgan fingerprint density at radius 3 is 2.46 bits per heavy atom. The second-order valence-corrected chi connectivity index (χ2v) is 4.91. The lowest BCUT2D eigenvalue weighted by Gasteiger charge is -2.19. The van der Waals surface area contributed by atoms with Gasteiger partial charge in [0, 0.05) is 13.6 Å². The van der Waals surface area contributed by atoms with Gasteiger partial charge >= 0.3 is 0 Å². The fourth-order valence-electron chi connectivity index (χ4n) is 0.837. The van der Waals surface area contributed by atoms with E-state index in [4.69, 9.17) is 5.73 Å². The number of nitrogens with two attached hydrogens (primary N) is 1. The number of nitrogens with one attached hydrogen (secondary N) is 1. The van der Waals surface area contributed by atoms with Crippen LogP contribution < -0.4 is 10.5 Å². The monoisotopic (exact) mass is 225 g/mol. The van der Waals surface area contributed by atoms with Crippen molar-refractivity contribution >= 4 is 27.4 Å². The Kier molecular flexibility index (Phi) is 5.38. The molecular formula is C6H15N3O2S2. The third kappa shape index (κ3) is 4.51. The number of hydrogen-bond acceptors (Lipinski definition) is 3. The van der Waals surface area contributed by atoms with E-state index in [2.05, 4.69) is 16.9 Å². The summed E-state index contributed by atoms with van der Waals surface area (Å²) in [5.41, 5.74) is 5.27. The van der Waals surface area contributed by atoms with Gasteiger partial charge in [0.25, 0.3) is 10.2 Å². The summed E-state index contributed by atoms with van der Waals surface area (Å²) >= 11 is 4.65. The third-order valence-corrected chi connectivity index (χ3v) is 3.04. The molecule has 0 bridgehead atoms. The Labute approximate surface area is 84.5 Å². The summed E-state index contributed by atoms with van der Waals surface area (Å²) in [6, 6.07) is 0. The summed E-state index contributed by atoms with van der Waals surface area (Å²) in [7, 11) is -2.04. The minimum Gasteiger partial charge on any atom is -0.392 e. The zero-order valence-corrected chi connectivity index (χ0v) is 9.41. The van der Waals surface area contributed by atoms with Crippen molar-refractivity contribution in [2.75, 3.05) is 20.1 Å². The smallest absolute Gasteiger partial charge is 0.279 e. The van der Waals surface area contributed by atoms with E-state index in [1.54, 1.807) is 0 Å². The first-order chi connectivity index (χ1) is 5.94. The van der Waals surface area contributed by atoms with Gasteiger partial charge in [-0.05, 0) is 6.42 Å². The van der Waals surface area contributed by atoms with Crippen LogP contribution in [0.25, 0.3) is 0 Å². The molecule has 0 spiro atoms. The molecule has 0 aliphatic heterocycles. The summed E-state index contributed by atoms with van der Waals surface area (Å²) < 4.78 is 26.1. The largest absolute Gasteiger partial charge is 0.392 e. The Morgan fingerprint density at radius 1 is 1.62 bits per heavy atom. The molecule has 0 saturated carbocycles. The van der Waals surface area contributed by atoms with Crippen LogP contribution in [-0.2, 0) is 10.2 Å². The molecule has 0 aliphatic rings. The second kappa shape index (κ2) is 5.48. The zero-order valence-electron chi connectivity index (χ0n) is 7.78. The van der Waals surface area contributed by atoms with Gasteiger partial charge in [-0.15, -0.1) is 0 Å². The topological polar surface area (TPSA) is 75.4 Å². The molecule has 0 rings (SSSR count). The fourth-order valence-corrected chi connectivity index (χ4v) is 2.06. The van der Waals surface area contributed by atoms with Gasteiger partial charge in [-0.1, -0.05) is 19.1 Å². The Morgan fingerprint density at radius 2 is 2.15 bits per heavy atom. The maximum absolute atomic E-state index is 11.3. The minimum absolute atomic E-state index is 0.0896. The first-order valence-corrected chi connectivity index (χ1v) is 5.75. The first kappa shape index (κ1) is 12.8. The van der Waals surface area contributed by atoms with Crippen molar-refractivity contribution in [3.05, 3.63) is 0 Å². The fraction of sp³-hybridized carbons (Fsp3) is 0.833. The molecular weight excluding hydrogens is 210 g/mol. The molecule has 0 aromatic carbocycles. The van der Waals surface area contributed by atoms with Crippen LogP contribution >= 0.6 is 12.2 Å². The molecule has 7 heteroatoms. The molecule has 0 amide bonds. The first-order valence-electron chi connectivity index (χ1n) is 3.91. The molecule has 0 unspecified atom stereocenters. The highest BCUT2D eigenvalue weighted by Crippen LogP contribution is 1.98. The van der Waals surface area contributed by atoms with Crippen molar-refractivity contribution < 1.29 is 8.42 Å². The summed E-state index contributed by atoms with van der Waals surface area (Å²) in [5.74, 6) is 0. The lowest BCUT2D eigenvalue weighted by Crippen LogP contribution is -2.43. The quantitative estimate of drug-likeness (QED) is 0.595. The molecule has 0 heterocycles. The number of thiocarbonyl (C=S) groups is 1. The molecule has 0 aromatic heterocycles. The molecule has 0 radical (unpaired) electrons. The zero-order chi connectivity index (χ0) is 10.5. The highest BCUT2D eigenvalue weighted by molar-refractivity contribution is 7.87. The van der Waals surface area contributed by atoms with Crippen molar-refractivity contribution in [1.29, 1.82) is 0 Å². The van der Waals surface area contributed by atoms with Crippen LogP contribution in [0, 0.1) is 0 Å². The van der Waals surface area contributed by atoms with Gasteiger partial charge in [-0.25, -0.2) is 4.72 Å². The Hall–Kier alpha value is -0.240. The van der Waals surface area contributed by atoms with Gasteiger partial charge in [0.1, 0.15) is 0 Å². The second-order valence-electron chi connectivity index (χ2n) is 2.51. The van der Waals surface area contributed by atoms with E-state index in [0.717, 1.165) is 6.42 Å². The lowest BCUT2D eigenvalue weighted by molar-refractivity contribution is 0.443. The highest BCUT2D eigenvalue weighted by atomic mass is 32.2. The molecule has 0 aliphatic carbocycles. The third-order valence-electron chi connectivity index (χ3n) is 1.40. The van der Waals surface area contributed by atoms with Gasteiger partial charge in [0.2, 0.25) is 0 Å². The lowest BCUT2D eigenvalue weighted by atomic mass is 10.5. The van der Waals surface area contributed by atoms with Crippen molar-refractivity contribution in [3.63, 3.8) is 0 Å². The van der Waals surface area contributed by atoms with Gasteiger partial charge in [0.05, 0.1) is 11.5 Å². The van der Waals surface area contributed by atoms with Gasteiger partial charge < -0.3 is 5.73 Å². The van der Waals surface area contributed by atoms with Crippen LogP contribution in [0.15, 0.2) is 0 Å². The molecule has 3 N–H and O–H groups in total. The molecule has 78 valence electrons. The minimum atomic E-state index is -3.40. The Balaban J connectivity index is 4.51. The molecule has 0 fully saturated rings. The molecule has 0 saturated heterocycles. The van der Waals surface area contributed by atoms with Crippen molar-refractivity contribution in [1.82, 2.24) is 9.03 Å². The summed E-state index contributed by atoms with van der Waals surface area (Å²) in [4.78, 5) is 0.173. The predicted molar refractivity (Wildman–Crippen MR) is 56.6 cm³/mol. The van der Waals surface area contributed by atoms with E-state index in [0.29, 0.717) is 6.54 Å². The molecule has 0 aromatic rings. The van der Waals surface area contributed by atoms with Crippen LogP contribution in [0.2, 0.25) is 0 Å². The van der Waals surface area contributed by atoms with Crippen LogP contribution in [0.1, 0.15) is 13.3 Å². The standard InChI is InChI=1S/C6H15N3O2S2/c1-3-4-9(5-6(7)12)13(10,11)8-2/h8H,3-5H2,1-2H3,(H2,7,12). The van der Waals surface area contributed by atoms with E-state index >= 15 is 0 Å².